The summed E-state index contributed by atoms with van der Waals surface area (Å²) in [6, 6.07) is 18.2. The Morgan fingerprint density at radius 2 is 1.81 bits per heavy atom. The molecule has 2 aliphatic heterocycles. The van der Waals surface area contributed by atoms with Crippen LogP contribution in [0, 0.1) is 0 Å². The number of fused-ring (bicyclic) bond motifs is 1. The van der Waals surface area contributed by atoms with Gasteiger partial charge in [0.15, 0.2) is 0 Å². The molecule has 4 rings (SSSR count). The Bertz CT molecular complexity index is 843. The lowest BCUT2D eigenvalue weighted by Gasteiger charge is -2.29. The molecule has 0 aromatic heterocycles. The van der Waals surface area contributed by atoms with Gasteiger partial charge in [0.1, 0.15) is 5.41 Å². The molecule has 1 unspecified atom stereocenters. The fraction of sp³-hybridized carbons (Fsp3) is 0.364. The summed E-state index contributed by atoms with van der Waals surface area (Å²) in [4.78, 5) is 19.9. The molecule has 1 atom stereocenters. The molecule has 2 heterocycles. The van der Waals surface area contributed by atoms with E-state index in [-0.39, 0.29) is 11.4 Å². The van der Waals surface area contributed by atoms with Crippen molar-refractivity contribution in [3.8, 4) is 0 Å². The van der Waals surface area contributed by atoms with Crippen molar-refractivity contribution < 1.29 is 4.79 Å². The number of nitrogens with zero attached hydrogens (tertiary/aromatic N) is 2. The van der Waals surface area contributed by atoms with Crippen LogP contribution in [-0.2, 0) is 10.2 Å². The van der Waals surface area contributed by atoms with Crippen molar-refractivity contribution >= 4 is 17.9 Å². The predicted octanol–water partition coefficient (Wildman–Crippen LogP) is 3.83. The van der Waals surface area contributed by atoms with Crippen LogP contribution in [0.2, 0.25) is 0 Å². The van der Waals surface area contributed by atoms with Crippen LogP contribution in [-0.4, -0.2) is 35.8 Å². The summed E-state index contributed by atoms with van der Waals surface area (Å²) >= 11 is 0. The first kappa shape index (κ1) is 16.8. The summed E-state index contributed by atoms with van der Waals surface area (Å²) in [5, 5.41) is 3.10. The van der Waals surface area contributed by atoms with E-state index in [1.807, 2.05) is 42.7 Å². The summed E-state index contributed by atoms with van der Waals surface area (Å²) < 4.78 is 0. The fourth-order valence-electron chi connectivity index (χ4n) is 4.22. The topological polar surface area (TPSA) is 44.7 Å². The maximum atomic E-state index is 13.1. The minimum Gasteiger partial charge on any atom is -0.361 e. The highest BCUT2D eigenvalue weighted by Crippen LogP contribution is 2.45. The minimum absolute atomic E-state index is 0.00551. The molecule has 0 saturated heterocycles. The van der Waals surface area contributed by atoms with Gasteiger partial charge >= 0.3 is 0 Å². The third-order valence-corrected chi connectivity index (χ3v) is 5.45. The molecule has 2 aliphatic rings. The van der Waals surface area contributed by atoms with E-state index >= 15 is 0 Å². The van der Waals surface area contributed by atoms with Gasteiger partial charge in [-0.25, -0.2) is 0 Å². The SMILES string of the molecule is CC1(C)CN(CCCC2(c3ccccc3)C(=O)Nc3ccccc32)C=N1. The van der Waals surface area contributed by atoms with E-state index in [2.05, 4.69) is 47.3 Å². The van der Waals surface area contributed by atoms with Gasteiger partial charge in [0.05, 0.1) is 11.9 Å². The molecule has 2 aromatic carbocycles. The van der Waals surface area contributed by atoms with E-state index in [9.17, 15) is 4.79 Å². The minimum atomic E-state index is -0.607. The van der Waals surface area contributed by atoms with Gasteiger partial charge in [0, 0.05) is 18.8 Å². The quantitative estimate of drug-likeness (QED) is 0.893. The van der Waals surface area contributed by atoms with Gasteiger partial charge in [-0.05, 0) is 43.9 Å². The van der Waals surface area contributed by atoms with Crippen molar-refractivity contribution in [3.63, 3.8) is 0 Å². The number of aliphatic imine (C=N–C) groups is 1. The van der Waals surface area contributed by atoms with E-state index in [0.29, 0.717) is 0 Å². The Kier molecular flexibility index (Phi) is 4.06. The zero-order valence-electron chi connectivity index (χ0n) is 15.4. The number of nitrogens with one attached hydrogen (secondary N) is 1. The average molecular weight is 347 g/mol. The Morgan fingerprint density at radius 3 is 2.54 bits per heavy atom. The number of amides is 1. The van der Waals surface area contributed by atoms with E-state index in [1.165, 1.54) is 0 Å². The maximum Gasteiger partial charge on any atom is 0.239 e. The highest BCUT2D eigenvalue weighted by molar-refractivity contribution is 6.08. The Balaban J connectivity index is 1.61. The molecule has 2 aromatic rings. The lowest BCUT2D eigenvalue weighted by Crippen LogP contribution is -2.37. The molecule has 0 fully saturated rings. The van der Waals surface area contributed by atoms with Gasteiger partial charge in [-0.3, -0.25) is 9.79 Å². The summed E-state index contributed by atoms with van der Waals surface area (Å²) in [6.07, 6.45) is 3.67. The maximum absolute atomic E-state index is 13.1. The summed E-state index contributed by atoms with van der Waals surface area (Å²) in [7, 11) is 0. The van der Waals surface area contributed by atoms with Gasteiger partial charge < -0.3 is 10.2 Å². The highest BCUT2D eigenvalue weighted by Gasteiger charge is 2.47. The number of carbonyl (C=O) groups excluding carboxylic acids is 1. The smallest absolute Gasteiger partial charge is 0.239 e. The second-order valence-corrected chi connectivity index (χ2v) is 7.90. The van der Waals surface area contributed by atoms with E-state index < -0.39 is 5.41 Å². The first-order valence-electron chi connectivity index (χ1n) is 9.27. The molecule has 0 saturated carbocycles. The lowest BCUT2D eigenvalue weighted by molar-refractivity contribution is -0.119. The molecule has 0 spiro atoms. The molecule has 1 N–H and O–H groups in total. The first-order valence-corrected chi connectivity index (χ1v) is 9.27. The zero-order chi connectivity index (χ0) is 18.2. The summed E-state index contributed by atoms with van der Waals surface area (Å²) in [6.45, 7) is 6.15. The summed E-state index contributed by atoms with van der Waals surface area (Å²) in [5.74, 6) is 0.0836. The lowest BCUT2D eigenvalue weighted by atomic mass is 9.72. The van der Waals surface area contributed by atoms with Crippen molar-refractivity contribution in [1.82, 2.24) is 4.90 Å². The monoisotopic (exact) mass is 347 g/mol. The third kappa shape index (κ3) is 2.79. The van der Waals surface area contributed by atoms with Gasteiger partial charge in [-0.15, -0.1) is 0 Å². The van der Waals surface area contributed by atoms with Crippen LogP contribution in [0.15, 0.2) is 59.6 Å². The number of anilines is 1. The van der Waals surface area contributed by atoms with Crippen LogP contribution in [0.1, 0.15) is 37.8 Å². The number of para-hydroxylation sites is 1. The van der Waals surface area contributed by atoms with Crippen LogP contribution in [0.4, 0.5) is 5.69 Å². The molecular formula is C22H25N3O. The van der Waals surface area contributed by atoms with E-state index in [1.54, 1.807) is 0 Å². The van der Waals surface area contributed by atoms with Gasteiger partial charge in [0.2, 0.25) is 5.91 Å². The second kappa shape index (κ2) is 6.27. The van der Waals surface area contributed by atoms with Crippen molar-refractivity contribution in [2.75, 3.05) is 18.4 Å². The molecule has 0 bridgehead atoms. The van der Waals surface area contributed by atoms with E-state index in [0.717, 1.165) is 42.7 Å². The van der Waals surface area contributed by atoms with Crippen molar-refractivity contribution in [1.29, 1.82) is 0 Å². The number of hydrogen-bond donors (Lipinski definition) is 1. The predicted molar refractivity (Wildman–Crippen MR) is 106 cm³/mol. The third-order valence-electron chi connectivity index (χ3n) is 5.45. The molecule has 4 nitrogen and oxygen atoms in total. The van der Waals surface area contributed by atoms with Gasteiger partial charge in [-0.2, -0.15) is 0 Å². The summed E-state index contributed by atoms with van der Waals surface area (Å²) in [5.41, 5.74) is 2.48. The van der Waals surface area contributed by atoms with Crippen LogP contribution >= 0.6 is 0 Å². The average Bonchev–Trinajstić information content (AvgIpc) is 3.13. The fourth-order valence-corrected chi connectivity index (χ4v) is 4.22. The van der Waals surface area contributed by atoms with Crippen LogP contribution in [0.3, 0.4) is 0 Å². The Morgan fingerprint density at radius 1 is 1.08 bits per heavy atom. The van der Waals surface area contributed by atoms with E-state index in [4.69, 9.17) is 0 Å². The second-order valence-electron chi connectivity index (χ2n) is 7.90. The zero-order valence-corrected chi connectivity index (χ0v) is 15.4. The number of rotatable bonds is 5. The number of benzene rings is 2. The first-order chi connectivity index (χ1) is 12.5. The van der Waals surface area contributed by atoms with Crippen molar-refractivity contribution in [2.45, 2.75) is 37.6 Å². The number of carbonyl (C=O) groups is 1. The van der Waals surface area contributed by atoms with Crippen LogP contribution in [0.5, 0.6) is 0 Å². The highest BCUT2D eigenvalue weighted by atomic mass is 16.2. The van der Waals surface area contributed by atoms with Crippen LogP contribution in [0.25, 0.3) is 0 Å². The van der Waals surface area contributed by atoms with Crippen LogP contribution < -0.4 is 5.32 Å². The van der Waals surface area contributed by atoms with Gasteiger partial charge in [0.25, 0.3) is 0 Å². The standard InChI is InChI=1S/C22H25N3O/c1-21(2)15-25(16-23-21)14-8-13-22(17-9-4-3-5-10-17)18-11-6-7-12-19(18)24-20(22)26/h3-7,9-12,16H,8,13-15H2,1-2H3,(H,24,26). The largest absolute Gasteiger partial charge is 0.361 e. The Hall–Kier alpha value is -2.62. The molecule has 0 aliphatic carbocycles. The molecule has 1 amide bonds. The Labute approximate surface area is 154 Å². The molecule has 26 heavy (non-hydrogen) atoms. The molecule has 0 radical (unpaired) electrons. The van der Waals surface area contributed by atoms with Crippen molar-refractivity contribution in [2.24, 2.45) is 4.99 Å². The van der Waals surface area contributed by atoms with Gasteiger partial charge in [-0.1, -0.05) is 48.5 Å². The molecular weight excluding hydrogens is 322 g/mol. The normalized spacial score (nSPS) is 23.2. The van der Waals surface area contributed by atoms with Crippen molar-refractivity contribution in [3.05, 3.63) is 65.7 Å². The number of hydrogen-bond acceptors (Lipinski definition) is 3. The molecule has 134 valence electrons. The molecule has 4 heteroatoms.